The fourth-order valence-corrected chi connectivity index (χ4v) is 1.56. The number of likely N-dealkylation sites (N-methyl/N-ethyl adjacent to an activating group) is 1. The first-order chi connectivity index (χ1) is 10.2. The van der Waals surface area contributed by atoms with E-state index in [1.54, 1.807) is 18.1 Å². The van der Waals surface area contributed by atoms with Crippen molar-refractivity contribution in [2.24, 2.45) is 0 Å². The number of carboxylic acid groups (broad SMARTS) is 2. The fourth-order valence-electron chi connectivity index (χ4n) is 1.56. The molecule has 22 heavy (non-hydrogen) atoms. The van der Waals surface area contributed by atoms with Crippen molar-refractivity contribution in [3.63, 3.8) is 0 Å². The molecule has 0 spiro atoms. The molecule has 0 bridgehead atoms. The van der Waals surface area contributed by atoms with Crippen LogP contribution in [0.25, 0.3) is 0 Å². The zero-order valence-corrected chi connectivity index (χ0v) is 12.3. The molecule has 2 rings (SSSR count). The molecular weight excluding hydrogens is 292 g/mol. The number of anilines is 2. The van der Waals surface area contributed by atoms with Crippen LogP contribution in [-0.4, -0.2) is 59.2 Å². The molecule has 1 aromatic heterocycles. The molecule has 2 heterocycles. The van der Waals surface area contributed by atoms with E-state index in [4.69, 9.17) is 10.2 Å². The molecule has 0 saturated carbocycles. The second-order valence-corrected chi connectivity index (χ2v) is 4.55. The molecule has 1 aliphatic rings. The highest BCUT2D eigenvalue weighted by Gasteiger charge is 2.26. The Labute approximate surface area is 126 Å². The number of amides is 1. The van der Waals surface area contributed by atoms with Gasteiger partial charge in [0, 0.05) is 45.1 Å². The summed E-state index contributed by atoms with van der Waals surface area (Å²) in [5.41, 5.74) is 0.906. The third-order valence-corrected chi connectivity index (χ3v) is 2.63. The van der Waals surface area contributed by atoms with Gasteiger partial charge in [0.25, 0.3) is 0 Å². The Morgan fingerprint density at radius 1 is 1.27 bits per heavy atom. The quantitative estimate of drug-likeness (QED) is 0.734. The highest BCUT2D eigenvalue weighted by atomic mass is 16.4. The van der Waals surface area contributed by atoms with Crippen molar-refractivity contribution >= 4 is 29.6 Å². The molecule has 0 fully saturated rings. The molecule has 1 aromatic rings. The van der Waals surface area contributed by atoms with Crippen molar-refractivity contribution in [1.82, 2.24) is 9.97 Å². The van der Waals surface area contributed by atoms with E-state index in [-0.39, 0.29) is 5.91 Å². The summed E-state index contributed by atoms with van der Waals surface area (Å²) in [6.45, 7) is 0. The van der Waals surface area contributed by atoms with Crippen LogP contribution in [0.4, 0.5) is 11.8 Å². The minimum atomic E-state index is -1.26. The Balaban J connectivity index is 0.000000261. The zero-order chi connectivity index (χ0) is 16.9. The molecule has 2 N–H and O–H groups in total. The van der Waals surface area contributed by atoms with Crippen LogP contribution in [0.2, 0.25) is 0 Å². The summed E-state index contributed by atoms with van der Waals surface area (Å²) in [7, 11) is 5.48. The predicted octanol–water partition coefficient (Wildman–Crippen LogP) is -0.227. The monoisotopic (exact) mass is 308 g/mol. The van der Waals surface area contributed by atoms with Gasteiger partial charge in [-0.25, -0.2) is 14.6 Å². The normalized spacial score (nSPS) is 12.7. The summed E-state index contributed by atoms with van der Waals surface area (Å²) in [5.74, 6) is -1.08. The maximum atomic E-state index is 11.4. The molecule has 1 amide bonds. The van der Waals surface area contributed by atoms with Crippen LogP contribution < -0.4 is 9.80 Å². The molecule has 0 atom stereocenters. The number of aromatic nitrogens is 2. The lowest BCUT2D eigenvalue weighted by Gasteiger charge is -2.13. The summed E-state index contributed by atoms with van der Waals surface area (Å²) in [5, 5.41) is 15.6. The Kier molecular flexibility index (Phi) is 5.56. The first-order valence-corrected chi connectivity index (χ1v) is 6.16. The van der Waals surface area contributed by atoms with Gasteiger partial charge >= 0.3 is 11.9 Å². The standard InChI is InChI=1S/C9H12N4O.C4H4O4/c1-12(2)9-10-5-6-4-7(14)13(3)8(6)11-9;5-3(6)1-2-4(7)8/h5H,4H2,1-3H3;1-2H,(H,5,6)(H,7,8). The number of hydrogen-bond donors (Lipinski definition) is 2. The number of carbonyl (C=O) groups excluding carboxylic acids is 1. The molecule has 0 unspecified atom stereocenters. The van der Waals surface area contributed by atoms with E-state index in [0.717, 1.165) is 11.4 Å². The Morgan fingerprint density at radius 2 is 1.82 bits per heavy atom. The molecule has 0 radical (unpaired) electrons. The lowest BCUT2D eigenvalue weighted by Crippen LogP contribution is -2.22. The van der Waals surface area contributed by atoms with E-state index in [1.165, 1.54) is 0 Å². The summed E-state index contributed by atoms with van der Waals surface area (Å²) in [4.78, 5) is 42.3. The van der Waals surface area contributed by atoms with Gasteiger partial charge in [-0.1, -0.05) is 0 Å². The van der Waals surface area contributed by atoms with Crippen LogP contribution in [-0.2, 0) is 20.8 Å². The summed E-state index contributed by atoms with van der Waals surface area (Å²) in [6.07, 6.45) is 3.25. The van der Waals surface area contributed by atoms with Crippen LogP contribution in [0.1, 0.15) is 5.56 Å². The van der Waals surface area contributed by atoms with Gasteiger partial charge < -0.3 is 15.1 Å². The van der Waals surface area contributed by atoms with Gasteiger partial charge in [-0.15, -0.1) is 0 Å². The van der Waals surface area contributed by atoms with Gasteiger partial charge in [-0.2, -0.15) is 4.98 Å². The minimum Gasteiger partial charge on any atom is -0.478 e. The minimum absolute atomic E-state index is 0.0743. The summed E-state index contributed by atoms with van der Waals surface area (Å²) >= 11 is 0. The number of carbonyl (C=O) groups is 3. The molecule has 118 valence electrons. The van der Waals surface area contributed by atoms with E-state index in [0.29, 0.717) is 24.5 Å². The number of nitrogens with zero attached hydrogens (tertiary/aromatic N) is 4. The maximum Gasteiger partial charge on any atom is 0.328 e. The van der Waals surface area contributed by atoms with Crippen molar-refractivity contribution in [2.45, 2.75) is 6.42 Å². The van der Waals surface area contributed by atoms with E-state index in [9.17, 15) is 14.4 Å². The third kappa shape index (κ3) is 4.54. The second kappa shape index (κ2) is 7.16. The number of carboxylic acids is 2. The van der Waals surface area contributed by atoms with Crippen molar-refractivity contribution in [3.8, 4) is 0 Å². The van der Waals surface area contributed by atoms with Crippen LogP contribution in [0.5, 0.6) is 0 Å². The summed E-state index contributed by atoms with van der Waals surface area (Å²) < 4.78 is 0. The van der Waals surface area contributed by atoms with Crippen LogP contribution in [0.3, 0.4) is 0 Å². The van der Waals surface area contributed by atoms with Crippen LogP contribution in [0, 0.1) is 0 Å². The Hall–Kier alpha value is -2.97. The van der Waals surface area contributed by atoms with Gasteiger partial charge in [0.15, 0.2) is 0 Å². The molecule has 0 aromatic carbocycles. The van der Waals surface area contributed by atoms with Crippen molar-refractivity contribution in [1.29, 1.82) is 0 Å². The highest BCUT2D eigenvalue weighted by Crippen LogP contribution is 2.25. The van der Waals surface area contributed by atoms with Crippen molar-refractivity contribution in [3.05, 3.63) is 23.9 Å². The summed E-state index contributed by atoms with van der Waals surface area (Å²) in [6, 6.07) is 0. The van der Waals surface area contributed by atoms with Gasteiger partial charge in [0.2, 0.25) is 11.9 Å². The zero-order valence-electron chi connectivity index (χ0n) is 12.3. The Morgan fingerprint density at radius 3 is 2.27 bits per heavy atom. The topological polar surface area (TPSA) is 124 Å². The first kappa shape index (κ1) is 17.1. The third-order valence-electron chi connectivity index (χ3n) is 2.63. The van der Waals surface area contributed by atoms with Crippen molar-refractivity contribution < 1.29 is 24.6 Å². The SMILES string of the molecule is CN(C)c1ncc2c(n1)N(C)C(=O)C2.O=C(O)C=CC(=O)O. The number of rotatable bonds is 3. The molecular formula is C13H16N4O5. The van der Waals surface area contributed by atoms with E-state index in [1.807, 2.05) is 19.0 Å². The number of aliphatic carboxylic acids is 2. The van der Waals surface area contributed by atoms with Gasteiger partial charge in [0.1, 0.15) is 5.82 Å². The largest absolute Gasteiger partial charge is 0.478 e. The Bertz CT molecular complexity index is 611. The van der Waals surface area contributed by atoms with Gasteiger partial charge in [-0.3, -0.25) is 9.69 Å². The molecule has 1 aliphatic heterocycles. The van der Waals surface area contributed by atoms with Crippen molar-refractivity contribution in [2.75, 3.05) is 30.9 Å². The molecule has 9 nitrogen and oxygen atoms in total. The van der Waals surface area contributed by atoms with Crippen LogP contribution in [0.15, 0.2) is 18.3 Å². The number of fused-ring (bicyclic) bond motifs is 1. The van der Waals surface area contributed by atoms with Gasteiger partial charge in [-0.05, 0) is 0 Å². The van der Waals surface area contributed by atoms with Gasteiger partial charge in [0.05, 0.1) is 6.42 Å². The maximum absolute atomic E-state index is 11.4. The average Bonchev–Trinajstić information content (AvgIpc) is 2.72. The van der Waals surface area contributed by atoms with E-state index >= 15 is 0 Å². The van der Waals surface area contributed by atoms with E-state index in [2.05, 4.69) is 9.97 Å². The lowest BCUT2D eigenvalue weighted by molar-refractivity contribution is -0.134. The second-order valence-electron chi connectivity index (χ2n) is 4.55. The lowest BCUT2D eigenvalue weighted by atomic mass is 10.3. The molecule has 9 heteroatoms. The number of hydrogen-bond acceptors (Lipinski definition) is 6. The van der Waals surface area contributed by atoms with Crippen LogP contribution >= 0.6 is 0 Å². The average molecular weight is 308 g/mol. The smallest absolute Gasteiger partial charge is 0.328 e. The highest BCUT2D eigenvalue weighted by molar-refractivity contribution is 5.99. The predicted molar refractivity (Wildman–Crippen MR) is 77.9 cm³/mol. The molecule has 0 aliphatic carbocycles. The fraction of sp³-hybridized carbons (Fsp3) is 0.308. The molecule has 0 saturated heterocycles. The van der Waals surface area contributed by atoms with E-state index < -0.39 is 11.9 Å². The first-order valence-electron chi connectivity index (χ1n) is 6.16.